The molecule has 6 nitrogen and oxygen atoms in total. The van der Waals surface area contributed by atoms with Gasteiger partial charge in [0.1, 0.15) is 6.04 Å². The topological polar surface area (TPSA) is 95.5 Å². The molecular weight excluding hydrogens is 236 g/mol. The maximum atomic E-state index is 11.1. The lowest BCUT2D eigenvalue weighted by molar-refractivity contribution is -0.142. The highest BCUT2D eigenvalue weighted by Gasteiger charge is 2.18. The number of aliphatic carboxylic acids is 1. The van der Waals surface area contributed by atoms with Crippen LogP contribution in [0.25, 0.3) is 0 Å². The first-order valence-electron chi connectivity index (χ1n) is 6.30. The fourth-order valence-corrected chi connectivity index (χ4v) is 1.38. The van der Waals surface area contributed by atoms with Crippen molar-refractivity contribution in [3.05, 3.63) is 0 Å². The monoisotopic (exact) mass is 258 g/mol. The van der Waals surface area contributed by atoms with Crippen LogP contribution in [0.4, 0.5) is 0 Å². The average molecular weight is 258 g/mol. The third kappa shape index (κ3) is 7.65. The molecule has 0 unspecified atom stereocenters. The van der Waals surface area contributed by atoms with Crippen LogP contribution < -0.4 is 10.6 Å². The molecule has 0 aromatic rings. The standard InChI is InChI=1S/C12H22N2O4/c1-3-10(15)13-8-6-5-7-9(12(17)18)14-11(16)4-2/h9H,3-8H2,1-2H3,(H,13,15)(H,14,16)(H,17,18)/t9-/m0/s1. The van der Waals surface area contributed by atoms with E-state index in [1.807, 2.05) is 0 Å². The summed E-state index contributed by atoms with van der Waals surface area (Å²) in [5.41, 5.74) is 0. The Balaban J connectivity index is 3.81. The Kier molecular flexibility index (Phi) is 8.61. The highest BCUT2D eigenvalue weighted by Crippen LogP contribution is 2.01. The number of carbonyl (C=O) groups is 3. The molecule has 0 rings (SSSR count). The van der Waals surface area contributed by atoms with E-state index in [0.29, 0.717) is 32.2 Å². The van der Waals surface area contributed by atoms with E-state index >= 15 is 0 Å². The van der Waals surface area contributed by atoms with Gasteiger partial charge in [-0.05, 0) is 19.3 Å². The van der Waals surface area contributed by atoms with E-state index in [4.69, 9.17) is 5.11 Å². The lowest BCUT2D eigenvalue weighted by atomic mass is 10.1. The van der Waals surface area contributed by atoms with Crippen molar-refractivity contribution in [3.8, 4) is 0 Å². The van der Waals surface area contributed by atoms with Gasteiger partial charge in [-0.15, -0.1) is 0 Å². The van der Waals surface area contributed by atoms with Crippen LogP contribution in [0.3, 0.4) is 0 Å². The number of rotatable bonds is 9. The predicted molar refractivity (Wildman–Crippen MR) is 67.0 cm³/mol. The quantitative estimate of drug-likeness (QED) is 0.529. The summed E-state index contributed by atoms with van der Waals surface area (Å²) in [4.78, 5) is 32.9. The van der Waals surface area contributed by atoms with Crippen molar-refractivity contribution in [1.29, 1.82) is 0 Å². The van der Waals surface area contributed by atoms with Crippen LogP contribution in [-0.2, 0) is 14.4 Å². The summed E-state index contributed by atoms with van der Waals surface area (Å²) in [5.74, 6) is -1.29. The van der Waals surface area contributed by atoms with Gasteiger partial charge in [0.15, 0.2) is 0 Å². The summed E-state index contributed by atoms with van der Waals surface area (Å²) < 4.78 is 0. The zero-order valence-electron chi connectivity index (χ0n) is 11.0. The maximum Gasteiger partial charge on any atom is 0.326 e. The van der Waals surface area contributed by atoms with E-state index in [0.717, 1.165) is 0 Å². The third-order valence-electron chi connectivity index (χ3n) is 2.52. The predicted octanol–water partition coefficient (Wildman–Crippen LogP) is 0.662. The molecule has 0 aliphatic rings. The smallest absolute Gasteiger partial charge is 0.326 e. The zero-order chi connectivity index (χ0) is 14.0. The van der Waals surface area contributed by atoms with E-state index in [-0.39, 0.29) is 18.2 Å². The molecule has 0 spiro atoms. The van der Waals surface area contributed by atoms with Crippen LogP contribution >= 0.6 is 0 Å². The second-order valence-corrected chi connectivity index (χ2v) is 4.01. The molecule has 0 aromatic carbocycles. The molecular formula is C12H22N2O4. The van der Waals surface area contributed by atoms with Gasteiger partial charge in [-0.3, -0.25) is 9.59 Å². The van der Waals surface area contributed by atoms with Crippen molar-refractivity contribution in [3.63, 3.8) is 0 Å². The number of unbranched alkanes of at least 4 members (excludes halogenated alkanes) is 1. The molecule has 0 saturated carbocycles. The summed E-state index contributed by atoms with van der Waals surface area (Å²) in [6, 6.07) is -0.834. The first-order valence-corrected chi connectivity index (χ1v) is 6.30. The van der Waals surface area contributed by atoms with Crippen LogP contribution in [0.5, 0.6) is 0 Å². The van der Waals surface area contributed by atoms with Gasteiger partial charge in [0, 0.05) is 19.4 Å². The number of carboxylic acids is 1. The Morgan fingerprint density at radius 2 is 1.67 bits per heavy atom. The second-order valence-electron chi connectivity index (χ2n) is 4.01. The fraction of sp³-hybridized carbons (Fsp3) is 0.750. The Morgan fingerprint density at radius 3 is 2.17 bits per heavy atom. The lowest BCUT2D eigenvalue weighted by Gasteiger charge is -2.13. The summed E-state index contributed by atoms with van der Waals surface area (Å²) >= 11 is 0. The molecule has 0 aliphatic heterocycles. The minimum absolute atomic E-state index is 0.0101. The van der Waals surface area contributed by atoms with Gasteiger partial charge < -0.3 is 15.7 Å². The maximum absolute atomic E-state index is 11.1. The molecule has 0 fully saturated rings. The largest absolute Gasteiger partial charge is 0.480 e. The molecule has 2 amide bonds. The summed E-state index contributed by atoms with van der Waals surface area (Å²) in [7, 11) is 0. The van der Waals surface area contributed by atoms with Gasteiger partial charge >= 0.3 is 5.97 Å². The minimum atomic E-state index is -1.02. The van der Waals surface area contributed by atoms with Crippen molar-refractivity contribution in [2.45, 2.75) is 52.0 Å². The fourth-order valence-electron chi connectivity index (χ4n) is 1.38. The van der Waals surface area contributed by atoms with Crippen molar-refractivity contribution in [1.82, 2.24) is 10.6 Å². The number of carbonyl (C=O) groups excluding carboxylic acids is 2. The molecule has 0 aliphatic carbocycles. The highest BCUT2D eigenvalue weighted by atomic mass is 16.4. The highest BCUT2D eigenvalue weighted by molar-refractivity contribution is 5.83. The van der Waals surface area contributed by atoms with Crippen LogP contribution in [0.2, 0.25) is 0 Å². The number of carboxylic acid groups (broad SMARTS) is 1. The summed E-state index contributed by atoms with van der Waals surface area (Å²) in [6.07, 6.45) is 2.45. The number of amides is 2. The van der Waals surface area contributed by atoms with Crippen LogP contribution in [-0.4, -0.2) is 35.5 Å². The normalized spacial score (nSPS) is 11.7. The first kappa shape index (κ1) is 16.4. The molecule has 18 heavy (non-hydrogen) atoms. The van der Waals surface area contributed by atoms with E-state index in [9.17, 15) is 14.4 Å². The lowest BCUT2D eigenvalue weighted by Crippen LogP contribution is -2.40. The van der Waals surface area contributed by atoms with E-state index < -0.39 is 12.0 Å². The van der Waals surface area contributed by atoms with Gasteiger partial charge in [-0.25, -0.2) is 4.79 Å². The Labute approximate surface area is 107 Å². The molecule has 0 radical (unpaired) electrons. The Morgan fingerprint density at radius 1 is 1.06 bits per heavy atom. The Hall–Kier alpha value is -1.59. The SMILES string of the molecule is CCC(=O)NCCCC[C@H](NC(=O)CC)C(=O)O. The van der Waals surface area contributed by atoms with Crippen molar-refractivity contribution in [2.24, 2.45) is 0 Å². The van der Waals surface area contributed by atoms with Crippen molar-refractivity contribution >= 4 is 17.8 Å². The van der Waals surface area contributed by atoms with Crippen molar-refractivity contribution < 1.29 is 19.5 Å². The van der Waals surface area contributed by atoms with E-state index in [1.165, 1.54) is 0 Å². The third-order valence-corrected chi connectivity index (χ3v) is 2.52. The van der Waals surface area contributed by atoms with Gasteiger partial charge in [-0.2, -0.15) is 0 Å². The van der Waals surface area contributed by atoms with Crippen LogP contribution in [0.15, 0.2) is 0 Å². The summed E-state index contributed by atoms with van der Waals surface area (Å²) in [6.45, 7) is 3.99. The van der Waals surface area contributed by atoms with E-state index in [2.05, 4.69) is 10.6 Å². The number of hydrogen-bond donors (Lipinski definition) is 3. The van der Waals surface area contributed by atoms with E-state index in [1.54, 1.807) is 13.8 Å². The second kappa shape index (κ2) is 9.44. The summed E-state index contributed by atoms with van der Waals surface area (Å²) in [5, 5.41) is 14.1. The van der Waals surface area contributed by atoms with Gasteiger partial charge in [0.25, 0.3) is 0 Å². The molecule has 0 heterocycles. The Bertz CT molecular complexity index is 292. The molecule has 0 saturated heterocycles. The molecule has 1 atom stereocenters. The van der Waals surface area contributed by atoms with Crippen LogP contribution in [0, 0.1) is 0 Å². The minimum Gasteiger partial charge on any atom is -0.480 e. The molecule has 0 aromatic heterocycles. The number of hydrogen-bond acceptors (Lipinski definition) is 3. The molecule has 104 valence electrons. The average Bonchev–Trinajstić information content (AvgIpc) is 2.35. The molecule has 6 heteroatoms. The number of nitrogens with one attached hydrogen (secondary N) is 2. The molecule has 0 bridgehead atoms. The zero-order valence-corrected chi connectivity index (χ0v) is 11.0. The molecule has 3 N–H and O–H groups in total. The van der Waals surface area contributed by atoms with Gasteiger partial charge in [-0.1, -0.05) is 13.8 Å². The van der Waals surface area contributed by atoms with Crippen LogP contribution in [0.1, 0.15) is 46.0 Å². The van der Waals surface area contributed by atoms with Gasteiger partial charge in [0.05, 0.1) is 0 Å². The first-order chi connectivity index (χ1) is 8.51. The van der Waals surface area contributed by atoms with Gasteiger partial charge in [0.2, 0.25) is 11.8 Å². The van der Waals surface area contributed by atoms with Crippen molar-refractivity contribution in [2.75, 3.05) is 6.54 Å².